The van der Waals surface area contributed by atoms with Crippen LogP contribution < -0.4 is 20.1 Å². The van der Waals surface area contributed by atoms with E-state index in [2.05, 4.69) is 10.6 Å². The first-order chi connectivity index (χ1) is 11.6. The van der Waals surface area contributed by atoms with Gasteiger partial charge in [0.25, 0.3) is 0 Å². The van der Waals surface area contributed by atoms with Gasteiger partial charge >= 0.3 is 0 Å². The van der Waals surface area contributed by atoms with Gasteiger partial charge in [0.05, 0.1) is 26.5 Å². The highest BCUT2D eigenvalue weighted by Gasteiger charge is 2.06. The van der Waals surface area contributed by atoms with E-state index in [1.54, 1.807) is 32.4 Å². The molecular formula is C18H21ClN2O3. The quantitative estimate of drug-likeness (QED) is 0.769. The van der Waals surface area contributed by atoms with Crippen molar-refractivity contribution in [3.8, 4) is 11.5 Å². The molecule has 2 aromatic carbocycles. The number of ether oxygens (including phenoxy) is 2. The molecule has 0 aliphatic heterocycles. The minimum Gasteiger partial charge on any atom is -0.497 e. The number of carbonyl (C=O) groups is 1. The van der Waals surface area contributed by atoms with Crippen LogP contribution in [0.3, 0.4) is 0 Å². The summed E-state index contributed by atoms with van der Waals surface area (Å²) in [6, 6.07) is 13.0. The Labute approximate surface area is 146 Å². The Balaban J connectivity index is 1.76. The van der Waals surface area contributed by atoms with E-state index in [9.17, 15) is 4.79 Å². The van der Waals surface area contributed by atoms with Crippen LogP contribution in [0.15, 0.2) is 42.5 Å². The predicted molar refractivity (Wildman–Crippen MR) is 96.2 cm³/mol. The number of hydrogen-bond donors (Lipinski definition) is 2. The van der Waals surface area contributed by atoms with Gasteiger partial charge in [-0.25, -0.2) is 0 Å². The molecule has 0 radical (unpaired) electrons. The van der Waals surface area contributed by atoms with Gasteiger partial charge in [0.15, 0.2) is 0 Å². The molecule has 0 saturated carbocycles. The van der Waals surface area contributed by atoms with Crippen molar-refractivity contribution in [2.45, 2.75) is 6.42 Å². The van der Waals surface area contributed by atoms with E-state index in [1.165, 1.54) is 0 Å². The van der Waals surface area contributed by atoms with E-state index in [1.807, 2.05) is 24.3 Å². The Morgan fingerprint density at radius 1 is 1.08 bits per heavy atom. The van der Waals surface area contributed by atoms with Crippen LogP contribution in [0.1, 0.15) is 5.56 Å². The van der Waals surface area contributed by atoms with Crippen LogP contribution in [0.25, 0.3) is 0 Å². The Morgan fingerprint density at radius 2 is 1.83 bits per heavy atom. The fourth-order valence-electron chi connectivity index (χ4n) is 2.19. The van der Waals surface area contributed by atoms with Gasteiger partial charge in [-0.2, -0.15) is 0 Å². The summed E-state index contributed by atoms with van der Waals surface area (Å²) < 4.78 is 10.3. The van der Waals surface area contributed by atoms with E-state index >= 15 is 0 Å². The number of amides is 1. The second-order valence-corrected chi connectivity index (χ2v) is 5.58. The van der Waals surface area contributed by atoms with E-state index in [0.717, 1.165) is 17.7 Å². The van der Waals surface area contributed by atoms with Gasteiger partial charge in [-0.05, 0) is 42.3 Å². The van der Waals surface area contributed by atoms with Gasteiger partial charge in [0, 0.05) is 11.6 Å². The number of anilines is 1. The number of benzene rings is 2. The van der Waals surface area contributed by atoms with Crippen LogP contribution in [0, 0.1) is 0 Å². The summed E-state index contributed by atoms with van der Waals surface area (Å²) in [5.41, 5.74) is 1.83. The van der Waals surface area contributed by atoms with Crippen LogP contribution in [0.5, 0.6) is 11.5 Å². The van der Waals surface area contributed by atoms with Crippen molar-refractivity contribution in [2.24, 2.45) is 0 Å². The summed E-state index contributed by atoms with van der Waals surface area (Å²) in [4.78, 5) is 11.9. The average molecular weight is 349 g/mol. The standard InChI is InChI=1S/C18H21ClN2O3/c1-23-15-6-3-13(4-7-15)9-10-20-18(22)12-21-16-11-14(19)5-8-17(16)24-2/h3-8,11,21H,9-10,12H2,1-2H3,(H,20,22). The number of hydrogen-bond acceptors (Lipinski definition) is 4. The van der Waals surface area contributed by atoms with Gasteiger partial charge < -0.3 is 20.1 Å². The Kier molecular flexibility index (Phi) is 6.75. The highest BCUT2D eigenvalue weighted by Crippen LogP contribution is 2.27. The summed E-state index contributed by atoms with van der Waals surface area (Å²) in [7, 11) is 3.21. The molecular weight excluding hydrogens is 328 g/mol. The monoisotopic (exact) mass is 348 g/mol. The first-order valence-electron chi connectivity index (χ1n) is 7.59. The van der Waals surface area contributed by atoms with E-state index in [4.69, 9.17) is 21.1 Å². The number of nitrogens with one attached hydrogen (secondary N) is 2. The van der Waals surface area contributed by atoms with Gasteiger partial charge in [-0.3, -0.25) is 4.79 Å². The lowest BCUT2D eigenvalue weighted by molar-refractivity contribution is -0.119. The van der Waals surface area contributed by atoms with Crippen molar-refractivity contribution >= 4 is 23.2 Å². The normalized spacial score (nSPS) is 10.1. The van der Waals surface area contributed by atoms with Crippen LogP contribution in [0.4, 0.5) is 5.69 Å². The molecule has 0 bridgehead atoms. The molecule has 0 spiro atoms. The van der Waals surface area contributed by atoms with Gasteiger partial charge in [-0.15, -0.1) is 0 Å². The second-order valence-electron chi connectivity index (χ2n) is 5.15. The van der Waals surface area contributed by atoms with E-state index in [-0.39, 0.29) is 12.5 Å². The van der Waals surface area contributed by atoms with Gasteiger partial charge in [0.1, 0.15) is 11.5 Å². The number of methoxy groups -OCH3 is 2. The molecule has 2 rings (SSSR count). The molecule has 0 saturated heterocycles. The first-order valence-corrected chi connectivity index (χ1v) is 7.97. The fourth-order valence-corrected chi connectivity index (χ4v) is 2.37. The largest absolute Gasteiger partial charge is 0.497 e. The molecule has 0 fully saturated rings. The zero-order valence-electron chi connectivity index (χ0n) is 13.8. The topological polar surface area (TPSA) is 59.6 Å². The Morgan fingerprint density at radius 3 is 2.50 bits per heavy atom. The molecule has 6 heteroatoms. The molecule has 24 heavy (non-hydrogen) atoms. The maximum absolute atomic E-state index is 11.9. The van der Waals surface area contributed by atoms with E-state index < -0.39 is 0 Å². The Hall–Kier alpha value is -2.40. The number of rotatable bonds is 8. The molecule has 5 nitrogen and oxygen atoms in total. The molecule has 2 N–H and O–H groups in total. The average Bonchev–Trinajstić information content (AvgIpc) is 2.60. The first kappa shape index (κ1) is 17.9. The van der Waals surface area contributed by atoms with Crippen molar-refractivity contribution in [2.75, 3.05) is 32.6 Å². The maximum Gasteiger partial charge on any atom is 0.239 e. The van der Waals surface area contributed by atoms with E-state index in [0.29, 0.717) is 23.0 Å². The number of carbonyl (C=O) groups excluding carboxylic acids is 1. The fraction of sp³-hybridized carbons (Fsp3) is 0.278. The van der Waals surface area contributed by atoms with Crippen molar-refractivity contribution in [3.05, 3.63) is 53.1 Å². The van der Waals surface area contributed by atoms with Crippen molar-refractivity contribution in [3.63, 3.8) is 0 Å². The summed E-state index contributed by atoms with van der Waals surface area (Å²) in [6.45, 7) is 0.721. The molecule has 0 aliphatic rings. The van der Waals surface area contributed by atoms with Crippen molar-refractivity contribution in [1.82, 2.24) is 5.32 Å². The molecule has 0 heterocycles. The van der Waals surface area contributed by atoms with Gasteiger partial charge in [0.2, 0.25) is 5.91 Å². The second kappa shape index (κ2) is 9.03. The van der Waals surface area contributed by atoms with Crippen molar-refractivity contribution in [1.29, 1.82) is 0 Å². The van der Waals surface area contributed by atoms with Crippen LogP contribution in [-0.4, -0.2) is 33.2 Å². The van der Waals surface area contributed by atoms with Crippen LogP contribution in [-0.2, 0) is 11.2 Å². The summed E-state index contributed by atoms with van der Waals surface area (Å²) >= 11 is 5.96. The predicted octanol–water partition coefficient (Wildman–Crippen LogP) is 3.13. The molecule has 0 aliphatic carbocycles. The molecule has 0 unspecified atom stereocenters. The zero-order chi connectivity index (χ0) is 17.4. The third-order valence-corrected chi connectivity index (χ3v) is 3.73. The molecule has 128 valence electrons. The summed E-state index contributed by atoms with van der Waals surface area (Å²) in [6.07, 6.45) is 0.760. The number of halogens is 1. The molecule has 0 atom stereocenters. The highest BCUT2D eigenvalue weighted by molar-refractivity contribution is 6.30. The maximum atomic E-state index is 11.9. The highest BCUT2D eigenvalue weighted by atomic mass is 35.5. The Bertz CT molecular complexity index is 674. The molecule has 2 aromatic rings. The third kappa shape index (κ3) is 5.35. The van der Waals surface area contributed by atoms with Crippen LogP contribution in [0.2, 0.25) is 5.02 Å². The lowest BCUT2D eigenvalue weighted by Gasteiger charge is -2.11. The zero-order valence-corrected chi connectivity index (χ0v) is 14.5. The minimum absolute atomic E-state index is 0.0921. The minimum atomic E-state index is -0.0921. The summed E-state index contributed by atoms with van der Waals surface area (Å²) in [5, 5.41) is 6.49. The smallest absolute Gasteiger partial charge is 0.239 e. The summed E-state index contributed by atoms with van der Waals surface area (Å²) in [5.74, 6) is 1.37. The third-order valence-electron chi connectivity index (χ3n) is 3.50. The molecule has 1 amide bonds. The lowest BCUT2D eigenvalue weighted by Crippen LogP contribution is -2.31. The molecule has 0 aromatic heterocycles. The van der Waals surface area contributed by atoms with Crippen LogP contribution >= 0.6 is 11.6 Å². The SMILES string of the molecule is COc1ccc(CCNC(=O)CNc2cc(Cl)ccc2OC)cc1. The van der Waals surface area contributed by atoms with Crippen molar-refractivity contribution < 1.29 is 14.3 Å². The van der Waals surface area contributed by atoms with Gasteiger partial charge in [-0.1, -0.05) is 23.7 Å². The lowest BCUT2D eigenvalue weighted by atomic mass is 10.1.